The van der Waals surface area contributed by atoms with Crippen molar-refractivity contribution in [3.05, 3.63) is 5.01 Å². The molecule has 1 aliphatic rings. The maximum atomic E-state index is 12.4. The second-order valence-electron chi connectivity index (χ2n) is 5.58. The molecule has 1 aromatic rings. The molecule has 20 heavy (non-hydrogen) atoms. The lowest BCUT2D eigenvalue weighted by atomic mass is 9.75. The topological polar surface area (TPSA) is 61.4 Å². The van der Waals surface area contributed by atoms with Crippen LogP contribution >= 0.6 is 11.3 Å². The van der Waals surface area contributed by atoms with Crippen LogP contribution in [-0.4, -0.2) is 65.7 Å². The van der Waals surface area contributed by atoms with Gasteiger partial charge in [-0.05, 0) is 40.3 Å². The molecule has 0 saturated heterocycles. The summed E-state index contributed by atoms with van der Waals surface area (Å²) in [5.41, 5.74) is 0.138. The molecule has 0 spiro atoms. The zero-order valence-electron chi connectivity index (χ0n) is 12.6. The number of carbonyl (C=O) groups is 1. The summed E-state index contributed by atoms with van der Waals surface area (Å²) in [5.74, 6) is -0.0419. The summed E-state index contributed by atoms with van der Waals surface area (Å²) >= 11 is 1.32. The van der Waals surface area contributed by atoms with E-state index in [-0.39, 0.29) is 11.4 Å². The minimum absolute atomic E-state index is 0.0419. The van der Waals surface area contributed by atoms with Crippen LogP contribution in [-0.2, 0) is 0 Å². The molecular formula is C13H23N5OS. The Bertz CT molecular complexity index is 469. The second kappa shape index (κ2) is 6.05. The SMILES string of the molecule is CCNc1nnc(C(=O)N(C)CC2(N(C)C)CCC2)s1. The Kier molecular flexibility index (Phi) is 4.59. The number of nitrogens with one attached hydrogen (secondary N) is 1. The van der Waals surface area contributed by atoms with Crippen molar-refractivity contribution in [1.29, 1.82) is 0 Å². The fourth-order valence-electron chi connectivity index (χ4n) is 2.54. The predicted octanol–water partition coefficient (Wildman–Crippen LogP) is 1.53. The first-order valence-corrected chi connectivity index (χ1v) is 7.80. The van der Waals surface area contributed by atoms with E-state index in [1.54, 1.807) is 4.90 Å². The van der Waals surface area contributed by atoms with E-state index in [1.165, 1.54) is 17.8 Å². The molecule has 7 heteroatoms. The number of hydrogen-bond acceptors (Lipinski definition) is 6. The number of aromatic nitrogens is 2. The van der Waals surface area contributed by atoms with E-state index >= 15 is 0 Å². The highest BCUT2D eigenvalue weighted by Gasteiger charge is 2.41. The Morgan fingerprint density at radius 1 is 1.35 bits per heavy atom. The molecule has 0 atom stereocenters. The first-order valence-electron chi connectivity index (χ1n) is 6.99. The first-order chi connectivity index (χ1) is 9.48. The second-order valence-corrected chi connectivity index (χ2v) is 6.55. The minimum atomic E-state index is -0.0419. The monoisotopic (exact) mass is 297 g/mol. The summed E-state index contributed by atoms with van der Waals surface area (Å²) in [7, 11) is 6.03. The van der Waals surface area contributed by atoms with Crippen LogP contribution < -0.4 is 5.32 Å². The third-order valence-electron chi connectivity index (χ3n) is 4.05. The number of rotatable bonds is 6. The van der Waals surface area contributed by atoms with E-state index in [0.29, 0.717) is 10.1 Å². The van der Waals surface area contributed by atoms with Gasteiger partial charge in [-0.15, -0.1) is 10.2 Å². The number of anilines is 1. The van der Waals surface area contributed by atoms with Crippen molar-refractivity contribution in [3.63, 3.8) is 0 Å². The molecule has 0 aliphatic heterocycles. The number of carbonyl (C=O) groups excluding carboxylic acids is 1. The fourth-order valence-corrected chi connectivity index (χ4v) is 3.35. The summed E-state index contributed by atoms with van der Waals surface area (Å²) in [6, 6.07) is 0. The van der Waals surface area contributed by atoms with Crippen LogP contribution in [0.4, 0.5) is 5.13 Å². The van der Waals surface area contributed by atoms with E-state index < -0.39 is 0 Å². The highest BCUT2D eigenvalue weighted by atomic mass is 32.1. The number of nitrogens with zero attached hydrogens (tertiary/aromatic N) is 4. The Morgan fingerprint density at radius 2 is 2.05 bits per heavy atom. The first kappa shape index (κ1) is 15.2. The van der Waals surface area contributed by atoms with Gasteiger partial charge in [0.05, 0.1) is 0 Å². The van der Waals surface area contributed by atoms with E-state index in [2.05, 4.69) is 34.5 Å². The summed E-state index contributed by atoms with van der Waals surface area (Å²) in [6.07, 6.45) is 3.54. The molecule has 0 bridgehead atoms. The van der Waals surface area contributed by atoms with Crippen molar-refractivity contribution in [1.82, 2.24) is 20.0 Å². The Labute approximate surface area is 124 Å². The summed E-state index contributed by atoms with van der Waals surface area (Å²) in [5, 5.41) is 12.2. The molecule has 1 amide bonds. The van der Waals surface area contributed by atoms with Crippen molar-refractivity contribution in [2.45, 2.75) is 31.7 Å². The zero-order chi connectivity index (χ0) is 14.8. The van der Waals surface area contributed by atoms with Gasteiger partial charge in [-0.1, -0.05) is 11.3 Å². The quantitative estimate of drug-likeness (QED) is 0.863. The zero-order valence-corrected chi connectivity index (χ0v) is 13.5. The maximum Gasteiger partial charge on any atom is 0.284 e. The lowest BCUT2D eigenvalue weighted by Crippen LogP contribution is -2.57. The van der Waals surface area contributed by atoms with Crippen molar-refractivity contribution >= 4 is 22.4 Å². The van der Waals surface area contributed by atoms with Crippen molar-refractivity contribution < 1.29 is 4.79 Å². The predicted molar refractivity (Wildman–Crippen MR) is 81.3 cm³/mol. The van der Waals surface area contributed by atoms with Gasteiger partial charge in [-0.3, -0.25) is 4.79 Å². The largest absolute Gasteiger partial charge is 0.360 e. The van der Waals surface area contributed by atoms with E-state index in [9.17, 15) is 4.79 Å². The molecule has 1 aromatic heterocycles. The van der Waals surface area contributed by atoms with Crippen LogP contribution in [0.3, 0.4) is 0 Å². The van der Waals surface area contributed by atoms with Gasteiger partial charge in [0.1, 0.15) is 0 Å². The molecule has 0 unspecified atom stereocenters. The lowest BCUT2D eigenvalue weighted by molar-refractivity contribution is 0.0252. The van der Waals surface area contributed by atoms with Gasteiger partial charge >= 0.3 is 0 Å². The highest BCUT2D eigenvalue weighted by Crippen LogP contribution is 2.36. The third kappa shape index (κ3) is 2.93. The van der Waals surface area contributed by atoms with Gasteiger partial charge in [0.25, 0.3) is 5.91 Å². The molecule has 1 aliphatic carbocycles. The number of amides is 1. The number of hydrogen-bond donors (Lipinski definition) is 1. The molecule has 0 aromatic carbocycles. The number of likely N-dealkylation sites (N-methyl/N-ethyl adjacent to an activating group) is 2. The van der Waals surface area contributed by atoms with Crippen LogP contribution in [0.2, 0.25) is 0 Å². The van der Waals surface area contributed by atoms with Crippen molar-refractivity contribution in [2.75, 3.05) is 39.5 Å². The summed E-state index contributed by atoms with van der Waals surface area (Å²) < 4.78 is 0. The van der Waals surface area contributed by atoms with Crippen LogP contribution in [0.15, 0.2) is 0 Å². The Balaban J connectivity index is 2.00. The van der Waals surface area contributed by atoms with Gasteiger partial charge < -0.3 is 15.1 Å². The smallest absolute Gasteiger partial charge is 0.284 e. The minimum Gasteiger partial charge on any atom is -0.360 e. The molecular weight excluding hydrogens is 274 g/mol. The average Bonchev–Trinajstić information content (AvgIpc) is 2.81. The van der Waals surface area contributed by atoms with E-state index in [0.717, 1.165) is 25.9 Å². The summed E-state index contributed by atoms with van der Waals surface area (Å²) in [4.78, 5) is 16.4. The molecule has 0 radical (unpaired) electrons. The van der Waals surface area contributed by atoms with Gasteiger partial charge in [0.15, 0.2) is 0 Å². The van der Waals surface area contributed by atoms with Gasteiger partial charge in [-0.2, -0.15) is 0 Å². The Morgan fingerprint density at radius 3 is 2.55 bits per heavy atom. The molecule has 1 fully saturated rings. The van der Waals surface area contributed by atoms with Gasteiger partial charge in [0, 0.05) is 25.7 Å². The van der Waals surface area contributed by atoms with Gasteiger partial charge in [0.2, 0.25) is 10.1 Å². The maximum absolute atomic E-state index is 12.4. The molecule has 1 N–H and O–H groups in total. The Hall–Kier alpha value is -1.21. The fraction of sp³-hybridized carbons (Fsp3) is 0.769. The van der Waals surface area contributed by atoms with Crippen LogP contribution in [0.5, 0.6) is 0 Å². The van der Waals surface area contributed by atoms with Crippen LogP contribution in [0.1, 0.15) is 36.0 Å². The molecule has 2 rings (SSSR count). The third-order valence-corrected chi connectivity index (χ3v) is 4.92. The molecule has 6 nitrogen and oxygen atoms in total. The average molecular weight is 297 g/mol. The summed E-state index contributed by atoms with van der Waals surface area (Å²) in [6.45, 7) is 3.52. The normalized spacial score (nSPS) is 16.9. The van der Waals surface area contributed by atoms with Gasteiger partial charge in [-0.25, -0.2) is 0 Å². The van der Waals surface area contributed by atoms with Crippen molar-refractivity contribution in [2.24, 2.45) is 0 Å². The lowest BCUT2D eigenvalue weighted by Gasteiger charge is -2.49. The molecule has 112 valence electrons. The standard InChI is InChI=1S/C13H23N5OS/c1-5-14-12-16-15-10(20-12)11(19)18(4)9-13(17(2)3)7-6-8-13/h5-9H2,1-4H3,(H,14,16). The van der Waals surface area contributed by atoms with E-state index in [4.69, 9.17) is 0 Å². The van der Waals surface area contributed by atoms with Crippen LogP contribution in [0, 0.1) is 0 Å². The van der Waals surface area contributed by atoms with E-state index in [1.807, 2.05) is 14.0 Å². The molecule has 1 saturated carbocycles. The van der Waals surface area contributed by atoms with Crippen LogP contribution in [0.25, 0.3) is 0 Å². The highest BCUT2D eigenvalue weighted by molar-refractivity contribution is 7.17. The van der Waals surface area contributed by atoms with Crippen molar-refractivity contribution in [3.8, 4) is 0 Å². The molecule has 1 heterocycles.